The van der Waals surface area contributed by atoms with Crippen LogP contribution in [0.2, 0.25) is 0 Å². The van der Waals surface area contributed by atoms with E-state index >= 15 is 0 Å². The molecule has 32 heavy (non-hydrogen) atoms. The van der Waals surface area contributed by atoms with Crippen molar-refractivity contribution >= 4 is 26.7 Å². The standard InChI is InChI=1S/C21H26N6O4S/c22-11-16-14-26(5-10-31-16)20-18(12-23-21-19(20)13-24-25-21)15-1-3-17(4-2-15)32(28,29)27-6-8-30-9-7-27/h1-4,12-13,16H,5-11,14,22H2,(H,23,24,25). The molecular formula is C21H26N6O4S. The largest absolute Gasteiger partial charge is 0.379 e. The van der Waals surface area contributed by atoms with Crippen LogP contribution in [0.15, 0.2) is 41.6 Å². The Bertz CT molecular complexity index is 1190. The van der Waals surface area contributed by atoms with E-state index in [0.29, 0.717) is 51.6 Å². The third kappa shape index (κ3) is 3.86. The Balaban J connectivity index is 1.52. The molecule has 2 aromatic heterocycles. The van der Waals surface area contributed by atoms with Gasteiger partial charge in [-0.2, -0.15) is 9.40 Å². The summed E-state index contributed by atoms with van der Waals surface area (Å²) in [5.74, 6) is 0. The van der Waals surface area contributed by atoms with Crippen molar-refractivity contribution in [1.82, 2.24) is 19.5 Å². The molecule has 1 aromatic carbocycles. The molecule has 5 rings (SSSR count). The maximum Gasteiger partial charge on any atom is 0.243 e. The molecule has 10 nitrogen and oxygen atoms in total. The third-order valence-electron chi connectivity index (χ3n) is 5.94. The number of hydrogen-bond acceptors (Lipinski definition) is 8. The minimum atomic E-state index is -3.55. The van der Waals surface area contributed by atoms with Crippen LogP contribution in [0.3, 0.4) is 0 Å². The zero-order valence-corrected chi connectivity index (χ0v) is 18.4. The predicted octanol–water partition coefficient (Wildman–Crippen LogP) is 0.810. The first-order valence-corrected chi connectivity index (χ1v) is 12.1. The van der Waals surface area contributed by atoms with Gasteiger partial charge in [-0.05, 0) is 17.7 Å². The second kappa shape index (κ2) is 8.75. The number of ether oxygens (including phenoxy) is 2. The van der Waals surface area contributed by atoms with Crippen molar-refractivity contribution in [1.29, 1.82) is 0 Å². The van der Waals surface area contributed by atoms with Gasteiger partial charge in [-0.25, -0.2) is 13.4 Å². The Kier molecular flexibility index (Phi) is 5.82. The summed E-state index contributed by atoms with van der Waals surface area (Å²) in [6, 6.07) is 6.98. The minimum Gasteiger partial charge on any atom is -0.379 e. The summed E-state index contributed by atoms with van der Waals surface area (Å²) in [6.07, 6.45) is 3.52. The van der Waals surface area contributed by atoms with Gasteiger partial charge in [0.1, 0.15) is 0 Å². The number of nitrogens with zero attached hydrogens (tertiary/aromatic N) is 4. The van der Waals surface area contributed by atoms with Gasteiger partial charge in [0.05, 0.1) is 48.1 Å². The summed E-state index contributed by atoms with van der Waals surface area (Å²) in [7, 11) is -3.55. The van der Waals surface area contributed by atoms with Crippen molar-refractivity contribution in [2.45, 2.75) is 11.0 Å². The van der Waals surface area contributed by atoms with E-state index in [-0.39, 0.29) is 11.0 Å². The number of pyridine rings is 1. The molecule has 11 heteroatoms. The highest BCUT2D eigenvalue weighted by atomic mass is 32.2. The smallest absolute Gasteiger partial charge is 0.243 e. The lowest BCUT2D eigenvalue weighted by molar-refractivity contribution is 0.0467. The number of fused-ring (bicyclic) bond motifs is 1. The van der Waals surface area contributed by atoms with E-state index in [1.165, 1.54) is 4.31 Å². The number of H-pyrrole nitrogens is 1. The lowest BCUT2D eigenvalue weighted by Crippen LogP contribution is -2.46. The number of nitrogens with two attached hydrogens (primary N) is 1. The van der Waals surface area contributed by atoms with Gasteiger partial charge >= 0.3 is 0 Å². The summed E-state index contributed by atoms with van der Waals surface area (Å²) in [5.41, 5.74) is 9.34. The van der Waals surface area contributed by atoms with Gasteiger partial charge in [0.25, 0.3) is 0 Å². The molecule has 0 radical (unpaired) electrons. The molecule has 1 unspecified atom stereocenters. The SMILES string of the molecule is NCC1CN(c2c(-c3ccc(S(=O)(=O)N4CCOCC4)cc3)cnc3[nH]ncc23)CCO1. The summed E-state index contributed by atoms with van der Waals surface area (Å²) < 4.78 is 38.4. The van der Waals surface area contributed by atoms with Crippen LogP contribution in [0.1, 0.15) is 0 Å². The number of anilines is 1. The summed E-state index contributed by atoms with van der Waals surface area (Å²) in [5, 5.41) is 8.00. The Morgan fingerprint density at radius 2 is 1.88 bits per heavy atom. The van der Waals surface area contributed by atoms with Crippen LogP contribution >= 0.6 is 0 Å². The van der Waals surface area contributed by atoms with Crippen LogP contribution in [-0.2, 0) is 19.5 Å². The van der Waals surface area contributed by atoms with Gasteiger partial charge < -0.3 is 20.1 Å². The highest BCUT2D eigenvalue weighted by Gasteiger charge is 2.27. The van der Waals surface area contributed by atoms with E-state index in [9.17, 15) is 8.42 Å². The molecule has 1 atom stereocenters. The molecule has 170 valence electrons. The molecule has 2 aliphatic heterocycles. The Labute approximate surface area is 186 Å². The number of morpholine rings is 2. The van der Waals surface area contributed by atoms with Gasteiger partial charge in [0.15, 0.2) is 5.65 Å². The zero-order valence-electron chi connectivity index (χ0n) is 17.6. The first-order valence-electron chi connectivity index (χ1n) is 10.6. The number of benzene rings is 1. The van der Waals surface area contributed by atoms with Crippen LogP contribution in [0.4, 0.5) is 5.69 Å². The predicted molar refractivity (Wildman–Crippen MR) is 120 cm³/mol. The molecule has 0 amide bonds. The van der Waals surface area contributed by atoms with E-state index in [0.717, 1.165) is 28.7 Å². The van der Waals surface area contributed by atoms with Crippen molar-refractivity contribution in [3.05, 3.63) is 36.7 Å². The number of sulfonamides is 1. The normalized spacial score (nSPS) is 20.7. The first-order chi connectivity index (χ1) is 15.6. The second-order valence-corrected chi connectivity index (χ2v) is 9.81. The number of aromatic amines is 1. The quantitative estimate of drug-likeness (QED) is 0.575. The summed E-state index contributed by atoms with van der Waals surface area (Å²) in [6.45, 7) is 3.98. The fraction of sp³-hybridized carbons (Fsp3) is 0.429. The van der Waals surface area contributed by atoms with Crippen molar-refractivity contribution in [2.24, 2.45) is 5.73 Å². The molecule has 2 fully saturated rings. The van der Waals surface area contributed by atoms with Gasteiger partial charge in [-0.15, -0.1) is 0 Å². The van der Waals surface area contributed by atoms with Crippen molar-refractivity contribution in [3.8, 4) is 11.1 Å². The van der Waals surface area contributed by atoms with Crippen LogP contribution < -0.4 is 10.6 Å². The molecular weight excluding hydrogens is 432 g/mol. The fourth-order valence-electron chi connectivity index (χ4n) is 4.25. The average molecular weight is 459 g/mol. The highest BCUT2D eigenvalue weighted by Crippen LogP contribution is 2.37. The van der Waals surface area contributed by atoms with Crippen LogP contribution in [0, 0.1) is 0 Å². The molecule has 0 spiro atoms. The van der Waals surface area contributed by atoms with Crippen molar-refractivity contribution < 1.29 is 17.9 Å². The lowest BCUT2D eigenvalue weighted by atomic mass is 10.0. The maximum atomic E-state index is 13.0. The fourth-order valence-corrected chi connectivity index (χ4v) is 5.65. The zero-order chi connectivity index (χ0) is 22.1. The molecule has 2 aliphatic rings. The van der Waals surface area contributed by atoms with Gasteiger partial charge in [-0.3, -0.25) is 5.10 Å². The van der Waals surface area contributed by atoms with Crippen molar-refractivity contribution in [2.75, 3.05) is 57.4 Å². The molecule has 3 N–H and O–H groups in total. The van der Waals surface area contributed by atoms with E-state index in [1.807, 2.05) is 12.1 Å². The summed E-state index contributed by atoms with van der Waals surface area (Å²) in [4.78, 5) is 7.03. The number of aromatic nitrogens is 3. The second-order valence-electron chi connectivity index (χ2n) is 7.87. The third-order valence-corrected chi connectivity index (χ3v) is 7.86. The van der Waals surface area contributed by atoms with Crippen LogP contribution in [0.5, 0.6) is 0 Å². The maximum absolute atomic E-state index is 13.0. The topological polar surface area (TPSA) is 127 Å². The van der Waals surface area contributed by atoms with Gasteiger partial charge in [0, 0.05) is 44.5 Å². The highest BCUT2D eigenvalue weighted by molar-refractivity contribution is 7.89. The van der Waals surface area contributed by atoms with Crippen molar-refractivity contribution in [3.63, 3.8) is 0 Å². The Morgan fingerprint density at radius 3 is 2.62 bits per heavy atom. The lowest BCUT2D eigenvalue weighted by Gasteiger charge is -2.35. The molecule has 3 aromatic rings. The molecule has 4 heterocycles. The van der Waals surface area contributed by atoms with E-state index in [1.54, 1.807) is 24.5 Å². The number of nitrogens with one attached hydrogen (secondary N) is 1. The van der Waals surface area contributed by atoms with E-state index < -0.39 is 10.0 Å². The Hall–Kier alpha value is -2.57. The van der Waals surface area contributed by atoms with Crippen LogP contribution in [0.25, 0.3) is 22.2 Å². The summed E-state index contributed by atoms with van der Waals surface area (Å²) >= 11 is 0. The molecule has 0 saturated carbocycles. The minimum absolute atomic E-state index is 0.0484. The van der Waals surface area contributed by atoms with E-state index in [4.69, 9.17) is 15.2 Å². The van der Waals surface area contributed by atoms with Gasteiger partial charge in [-0.1, -0.05) is 12.1 Å². The number of rotatable bonds is 5. The monoisotopic (exact) mass is 458 g/mol. The van der Waals surface area contributed by atoms with Gasteiger partial charge in [0.2, 0.25) is 10.0 Å². The molecule has 0 bridgehead atoms. The Morgan fingerprint density at radius 1 is 1.09 bits per heavy atom. The molecule has 0 aliphatic carbocycles. The number of hydrogen-bond donors (Lipinski definition) is 2. The molecule has 2 saturated heterocycles. The average Bonchev–Trinajstić information content (AvgIpc) is 3.33. The first kappa shape index (κ1) is 21.3. The van der Waals surface area contributed by atoms with E-state index in [2.05, 4.69) is 20.1 Å². The van der Waals surface area contributed by atoms with Crippen LogP contribution in [-0.4, -0.2) is 86.6 Å².